The van der Waals surface area contributed by atoms with Crippen LogP contribution >= 0.6 is 0 Å². The van der Waals surface area contributed by atoms with Crippen molar-refractivity contribution in [2.75, 3.05) is 0 Å². The van der Waals surface area contributed by atoms with Crippen molar-refractivity contribution >= 4 is 11.6 Å². The van der Waals surface area contributed by atoms with Gasteiger partial charge in [0.25, 0.3) is 0 Å². The number of ketones is 2. The molecule has 7 heteroatoms. The monoisotopic (exact) mass is 520 g/mol. The summed E-state index contributed by atoms with van der Waals surface area (Å²) in [6, 6.07) is 0. The lowest BCUT2D eigenvalue weighted by Gasteiger charge is -2.65. The Bertz CT molecular complexity index is 1010. The van der Waals surface area contributed by atoms with Crippen LogP contribution in [0.3, 0.4) is 0 Å². The first-order chi connectivity index (χ1) is 16.7. The number of rotatable bonds is 5. The van der Waals surface area contributed by atoms with E-state index in [1.54, 1.807) is 13.8 Å². The fourth-order valence-corrected chi connectivity index (χ4v) is 9.40. The Morgan fingerprint density at radius 2 is 1.59 bits per heavy atom. The molecule has 4 rings (SSSR count). The number of allylic oxidation sites excluding steroid dienone is 1. The van der Waals surface area contributed by atoms with E-state index in [0.29, 0.717) is 19.3 Å². The van der Waals surface area contributed by atoms with Crippen molar-refractivity contribution < 1.29 is 35.1 Å². The Labute approximate surface area is 221 Å². The number of fused-ring (bicyclic) bond motifs is 5. The topological polar surface area (TPSA) is 135 Å². The van der Waals surface area contributed by atoms with Crippen LogP contribution < -0.4 is 0 Å². The Balaban J connectivity index is 1.76. The first-order valence-electron chi connectivity index (χ1n) is 13.9. The van der Waals surface area contributed by atoms with Gasteiger partial charge in [-0.1, -0.05) is 46.3 Å². The van der Waals surface area contributed by atoms with Crippen LogP contribution in [0.2, 0.25) is 0 Å². The number of carbonyl (C=O) groups excluding carboxylic acids is 2. The molecule has 6 unspecified atom stereocenters. The van der Waals surface area contributed by atoms with Gasteiger partial charge in [0.2, 0.25) is 0 Å². The van der Waals surface area contributed by atoms with Gasteiger partial charge in [-0.05, 0) is 69.1 Å². The van der Waals surface area contributed by atoms with Gasteiger partial charge >= 0.3 is 0 Å². The van der Waals surface area contributed by atoms with Crippen LogP contribution in [0.25, 0.3) is 0 Å². The fraction of sp³-hybridized carbons (Fsp3) is 0.867. The van der Waals surface area contributed by atoms with E-state index in [-0.39, 0.29) is 36.9 Å². The smallest absolute Gasteiger partial charge is 0.164 e. The molecule has 0 amide bonds. The minimum absolute atomic E-state index is 0.0227. The third-order valence-corrected chi connectivity index (χ3v) is 11.8. The molecule has 5 N–H and O–H groups in total. The first kappa shape index (κ1) is 28.9. The third-order valence-electron chi connectivity index (χ3n) is 11.8. The quantitative estimate of drug-likeness (QED) is 0.352. The van der Waals surface area contributed by atoms with Crippen molar-refractivity contribution in [2.45, 2.75) is 123 Å². The molecule has 0 spiro atoms. The summed E-state index contributed by atoms with van der Waals surface area (Å²) in [6.07, 6.45) is 0.895. The standard InChI is InChI=1S/C30H48O7/c1-25(2,36)12-11-21(33)30(8,37)23-19(32)14-27(5)20-10-9-16-17(13-18(31)24(35)26(16,3)4)29(20,7)22(34)15-28(23,27)6/h9,17-20,23-24,31-32,35-37H,10-15H2,1-8H3/t17?,18?,19?,20?,23-,24-,27?,28+,29-,30?/m0/s1. The molecule has 3 saturated carbocycles. The molecule has 210 valence electrons. The summed E-state index contributed by atoms with van der Waals surface area (Å²) in [5.74, 6) is -1.60. The zero-order chi connectivity index (χ0) is 28.1. The van der Waals surface area contributed by atoms with Crippen LogP contribution in [0, 0.1) is 39.4 Å². The minimum atomic E-state index is -1.85. The summed E-state index contributed by atoms with van der Waals surface area (Å²) in [5.41, 5.74) is -4.71. The maximum absolute atomic E-state index is 14.2. The lowest BCUT2D eigenvalue weighted by atomic mass is 9.38. The lowest BCUT2D eigenvalue weighted by Crippen LogP contribution is -2.65. The van der Waals surface area contributed by atoms with Gasteiger partial charge in [0.05, 0.1) is 23.9 Å². The summed E-state index contributed by atoms with van der Waals surface area (Å²) in [7, 11) is 0. The van der Waals surface area contributed by atoms with Gasteiger partial charge in [0.1, 0.15) is 11.4 Å². The lowest BCUT2D eigenvalue weighted by molar-refractivity contribution is -0.188. The Kier molecular flexibility index (Phi) is 6.59. The molecule has 0 heterocycles. The van der Waals surface area contributed by atoms with E-state index in [1.165, 1.54) is 6.92 Å². The maximum Gasteiger partial charge on any atom is 0.164 e. The van der Waals surface area contributed by atoms with Crippen molar-refractivity contribution in [3.8, 4) is 0 Å². The molecular formula is C30H48O7. The van der Waals surface area contributed by atoms with Gasteiger partial charge in [-0.25, -0.2) is 0 Å². The highest BCUT2D eigenvalue weighted by Crippen LogP contribution is 2.74. The van der Waals surface area contributed by atoms with Crippen molar-refractivity contribution in [2.24, 2.45) is 39.4 Å². The summed E-state index contributed by atoms with van der Waals surface area (Å²) in [6.45, 7) is 14.6. The van der Waals surface area contributed by atoms with Crippen LogP contribution in [0.1, 0.15) is 93.9 Å². The molecule has 4 aliphatic rings. The SMILES string of the molecule is CC(C)(O)CCC(=O)C(C)(O)[C@H]1C(O)CC2(C)C3CC=C4C(CC(O)[C@H](O)C4(C)C)[C@]3(C)C(=O)C[C@]12C. The largest absolute Gasteiger partial charge is 0.393 e. The number of hydrogen-bond acceptors (Lipinski definition) is 7. The molecule has 0 radical (unpaired) electrons. The third kappa shape index (κ3) is 3.86. The van der Waals surface area contributed by atoms with Crippen molar-refractivity contribution in [1.82, 2.24) is 0 Å². The zero-order valence-electron chi connectivity index (χ0n) is 23.8. The molecule has 0 aromatic heterocycles. The predicted molar refractivity (Wildman–Crippen MR) is 139 cm³/mol. The molecule has 0 aromatic rings. The Hall–Kier alpha value is -1.12. The van der Waals surface area contributed by atoms with Gasteiger partial charge in [-0.2, -0.15) is 0 Å². The fourth-order valence-electron chi connectivity index (χ4n) is 9.40. The molecule has 0 bridgehead atoms. The molecule has 0 aliphatic heterocycles. The summed E-state index contributed by atoms with van der Waals surface area (Å²) in [4.78, 5) is 27.5. The molecule has 4 aliphatic carbocycles. The average Bonchev–Trinajstić information content (AvgIpc) is 2.96. The summed E-state index contributed by atoms with van der Waals surface area (Å²) in [5, 5.41) is 54.8. The number of hydrogen-bond donors (Lipinski definition) is 5. The molecular weight excluding hydrogens is 472 g/mol. The molecule has 0 aromatic carbocycles. The maximum atomic E-state index is 14.2. The van der Waals surface area contributed by atoms with E-state index in [2.05, 4.69) is 13.0 Å². The van der Waals surface area contributed by atoms with E-state index >= 15 is 0 Å². The minimum Gasteiger partial charge on any atom is -0.393 e. The predicted octanol–water partition coefficient (Wildman–Crippen LogP) is 2.94. The number of aliphatic hydroxyl groups is 5. The number of carbonyl (C=O) groups is 2. The normalized spacial score (nSPS) is 46.8. The van der Waals surface area contributed by atoms with Gasteiger partial charge in [-0.3, -0.25) is 9.59 Å². The van der Waals surface area contributed by atoms with Crippen LogP contribution in [0.5, 0.6) is 0 Å². The van der Waals surface area contributed by atoms with Crippen molar-refractivity contribution in [3.05, 3.63) is 11.6 Å². The Morgan fingerprint density at radius 1 is 1.00 bits per heavy atom. The number of aliphatic hydroxyl groups excluding tert-OH is 3. The number of Topliss-reactive ketones (excluding diaryl/α,β-unsaturated/α-hetero) is 2. The highest BCUT2D eigenvalue weighted by molar-refractivity contribution is 5.90. The molecule has 37 heavy (non-hydrogen) atoms. The van der Waals surface area contributed by atoms with Gasteiger partial charge in [0.15, 0.2) is 5.78 Å². The van der Waals surface area contributed by atoms with Gasteiger partial charge in [0, 0.05) is 29.6 Å². The second-order valence-electron chi connectivity index (χ2n) is 14.8. The van der Waals surface area contributed by atoms with Crippen LogP contribution in [0.4, 0.5) is 0 Å². The van der Waals surface area contributed by atoms with Crippen LogP contribution in [0.15, 0.2) is 11.6 Å². The van der Waals surface area contributed by atoms with Crippen LogP contribution in [-0.2, 0) is 9.59 Å². The van der Waals surface area contributed by atoms with E-state index in [1.807, 2.05) is 27.7 Å². The highest BCUT2D eigenvalue weighted by Gasteiger charge is 2.74. The van der Waals surface area contributed by atoms with Gasteiger partial charge < -0.3 is 25.5 Å². The molecule has 10 atom stereocenters. The molecule has 0 saturated heterocycles. The van der Waals surface area contributed by atoms with E-state index in [4.69, 9.17) is 0 Å². The zero-order valence-corrected chi connectivity index (χ0v) is 23.8. The van der Waals surface area contributed by atoms with Gasteiger partial charge in [-0.15, -0.1) is 0 Å². The second-order valence-corrected chi connectivity index (χ2v) is 14.8. The summed E-state index contributed by atoms with van der Waals surface area (Å²) >= 11 is 0. The average molecular weight is 521 g/mol. The Morgan fingerprint density at radius 3 is 2.16 bits per heavy atom. The first-order valence-corrected chi connectivity index (χ1v) is 13.9. The van der Waals surface area contributed by atoms with Crippen molar-refractivity contribution in [1.29, 1.82) is 0 Å². The molecule has 3 fully saturated rings. The highest BCUT2D eigenvalue weighted by atomic mass is 16.3. The van der Waals surface area contributed by atoms with E-state index in [9.17, 15) is 35.1 Å². The molecule has 7 nitrogen and oxygen atoms in total. The van der Waals surface area contributed by atoms with Crippen molar-refractivity contribution in [3.63, 3.8) is 0 Å². The second kappa shape index (κ2) is 8.44. The van der Waals surface area contributed by atoms with Crippen LogP contribution in [-0.4, -0.2) is 66.6 Å². The summed E-state index contributed by atoms with van der Waals surface area (Å²) < 4.78 is 0. The van der Waals surface area contributed by atoms with E-state index in [0.717, 1.165) is 5.57 Å². The van der Waals surface area contributed by atoms with E-state index < -0.39 is 62.9 Å².